The van der Waals surface area contributed by atoms with Crippen LogP contribution in [0.2, 0.25) is 0 Å². The molecule has 0 aliphatic carbocycles. The van der Waals surface area contributed by atoms with Gasteiger partial charge in [0.25, 0.3) is 0 Å². The van der Waals surface area contributed by atoms with Gasteiger partial charge in [-0.3, -0.25) is 9.69 Å². The van der Waals surface area contributed by atoms with Crippen LogP contribution in [0, 0.1) is 17.6 Å². The van der Waals surface area contributed by atoms with Crippen molar-refractivity contribution in [3.8, 4) is 0 Å². The van der Waals surface area contributed by atoms with Crippen molar-refractivity contribution in [3.63, 3.8) is 0 Å². The van der Waals surface area contributed by atoms with Gasteiger partial charge in [0.2, 0.25) is 5.91 Å². The summed E-state index contributed by atoms with van der Waals surface area (Å²) >= 11 is 0. The number of nitrogens with one attached hydrogen (secondary N) is 1. The number of likely N-dealkylation sites (tertiary alicyclic amines) is 1. The third kappa shape index (κ3) is 6.90. The quantitative estimate of drug-likeness (QED) is 0.540. The van der Waals surface area contributed by atoms with Gasteiger partial charge in [-0.1, -0.05) is 57.4 Å². The zero-order chi connectivity index (χ0) is 27.1. The molecule has 0 spiro atoms. The molecule has 2 aromatic rings. The third-order valence-electron chi connectivity index (χ3n) is 8.01. The van der Waals surface area contributed by atoms with Crippen molar-refractivity contribution >= 4 is 11.9 Å². The lowest BCUT2D eigenvalue weighted by Gasteiger charge is -2.41. The zero-order valence-corrected chi connectivity index (χ0v) is 22.5. The predicted molar refractivity (Wildman–Crippen MR) is 145 cm³/mol. The van der Waals surface area contributed by atoms with Crippen molar-refractivity contribution in [1.82, 2.24) is 20.0 Å². The highest BCUT2D eigenvalue weighted by atomic mass is 19.1. The number of piperazine rings is 1. The molecule has 0 bridgehead atoms. The molecule has 2 aliphatic rings. The van der Waals surface area contributed by atoms with E-state index in [0.717, 1.165) is 56.3 Å². The molecular weight excluding hydrogens is 486 g/mol. The number of hydrogen-bond acceptors (Lipinski definition) is 3. The molecule has 4 rings (SSSR count). The van der Waals surface area contributed by atoms with Crippen LogP contribution in [0.3, 0.4) is 0 Å². The minimum Gasteiger partial charge on any atom is -0.338 e. The van der Waals surface area contributed by atoms with Crippen LogP contribution in [0.15, 0.2) is 48.5 Å². The van der Waals surface area contributed by atoms with E-state index in [4.69, 9.17) is 0 Å². The summed E-state index contributed by atoms with van der Waals surface area (Å²) in [5.74, 6) is -0.634. The molecule has 8 heteroatoms. The maximum atomic E-state index is 13.7. The van der Waals surface area contributed by atoms with E-state index in [1.54, 1.807) is 24.3 Å². The summed E-state index contributed by atoms with van der Waals surface area (Å²) in [5, 5.41) is 3.07. The Morgan fingerprint density at radius 1 is 0.763 bits per heavy atom. The molecule has 2 aliphatic heterocycles. The van der Waals surface area contributed by atoms with Crippen LogP contribution in [0.1, 0.15) is 63.1 Å². The first-order valence-corrected chi connectivity index (χ1v) is 14.0. The highest BCUT2D eigenvalue weighted by molar-refractivity contribution is 5.87. The van der Waals surface area contributed by atoms with Crippen molar-refractivity contribution in [2.45, 2.75) is 58.0 Å². The van der Waals surface area contributed by atoms with Crippen LogP contribution < -0.4 is 5.32 Å². The molecule has 0 radical (unpaired) electrons. The maximum Gasteiger partial charge on any atom is 0.318 e. The molecule has 2 saturated heterocycles. The average Bonchev–Trinajstić information content (AvgIpc) is 3.23. The highest BCUT2D eigenvalue weighted by Gasteiger charge is 2.34. The van der Waals surface area contributed by atoms with Crippen LogP contribution in [-0.2, 0) is 4.79 Å². The number of carbonyl (C=O) groups is 2. The summed E-state index contributed by atoms with van der Waals surface area (Å²) in [4.78, 5) is 32.7. The molecule has 1 unspecified atom stereocenters. The minimum absolute atomic E-state index is 0.0163. The van der Waals surface area contributed by atoms with Crippen LogP contribution in [0.4, 0.5) is 13.6 Å². The molecule has 0 aromatic heterocycles. The van der Waals surface area contributed by atoms with Gasteiger partial charge in [0.1, 0.15) is 17.7 Å². The lowest BCUT2D eigenvalue weighted by molar-refractivity contribution is -0.136. The van der Waals surface area contributed by atoms with E-state index in [0.29, 0.717) is 26.2 Å². The van der Waals surface area contributed by atoms with E-state index in [-0.39, 0.29) is 35.5 Å². The van der Waals surface area contributed by atoms with E-state index >= 15 is 0 Å². The fraction of sp³-hybridized carbons (Fsp3) is 0.533. The van der Waals surface area contributed by atoms with Gasteiger partial charge in [-0.05, 0) is 54.2 Å². The molecule has 206 valence electrons. The molecule has 0 saturated carbocycles. The summed E-state index contributed by atoms with van der Waals surface area (Å²) in [6, 6.07) is 11.9. The summed E-state index contributed by atoms with van der Waals surface area (Å²) in [6.07, 6.45) is 5.06. The predicted octanol–water partition coefficient (Wildman–Crippen LogP) is 5.20. The number of rotatable bonds is 7. The number of hydrogen-bond donors (Lipinski definition) is 1. The van der Waals surface area contributed by atoms with Crippen LogP contribution >= 0.6 is 0 Å². The molecular formula is C30H40F2N4O2. The van der Waals surface area contributed by atoms with E-state index in [1.807, 2.05) is 23.6 Å². The van der Waals surface area contributed by atoms with Crippen molar-refractivity contribution in [1.29, 1.82) is 0 Å². The SMILES string of the molecule is CCC(C)[C@H](NC(=O)N1CCCCCC1)C(=O)N1CCN(C(c2ccc(F)cc2)c2ccc(F)cc2)CC1. The molecule has 2 aromatic carbocycles. The Bertz CT molecular complexity index is 1000. The van der Waals surface area contributed by atoms with Gasteiger partial charge in [-0.2, -0.15) is 0 Å². The topological polar surface area (TPSA) is 55.9 Å². The average molecular weight is 527 g/mol. The largest absolute Gasteiger partial charge is 0.338 e. The van der Waals surface area contributed by atoms with Gasteiger partial charge in [-0.15, -0.1) is 0 Å². The van der Waals surface area contributed by atoms with E-state index in [2.05, 4.69) is 10.2 Å². The first-order valence-electron chi connectivity index (χ1n) is 14.0. The Balaban J connectivity index is 1.45. The summed E-state index contributed by atoms with van der Waals surface area (Å²) in [5.41, 5.74) is 1.83. The first-order chi connectivity index (χ1) is 18.4. The van der Waals surface area contributed by atoms with Crippen LogP contribution in [0.25, 0.3) is 0 Å². The Kier molecular flexibility index (Phi) is 9.72. The second-order valence-corrected chi connectivity index (χ2v) is 10.6. The molecule has 1 N–H and O–H groups in total. The van der Waals surface area contributed by atoms with E-state index in [9.17, 15) is 18.4 Å². The molecule has 3 amide bonds. The van der Waals surface area contributed by atoms with Crippen molar-refractivity contribution in [3.05, 3.63) is 71.3 Å². The van der Waals surface area contributed by atoms with Gasteiger partial charge in [-0.25, -0.2) is 13.6 Å². The molecule has 6 nitrogen and oxygen atoms in total. The fourth-order valence-electron chi connectivity index (χ4n) is 5.48. The lowest BCUT2D eigenvalue weighted by Crippen LogP contribution is -2.58. The van der Waals surface area contributed by atoms with Crippen molar-refractivity contribution in [2.24, 2.45) is 5.92 Å². The maximum absolute atomic E-state index is 13.7. The minimum atomic E-state index is -0.563. The van der Waals surface area contributed by atoms with Crippen molar-refractivity contribution < 1.29 is 18.4 Å². The number of halogens is 2. The summed E-state index contributed by atoms with van der Waals surface area (Å²) in [6.45, 7) is 7.78. The summed E-state index contributed by atoms with van der Waals surface area (Å²) < 4.78 is 27.3. The van der Waals surface area contributed by atoms with Crippen LogP contribution in [-0.4, -0.2) is 71.9 Å². The molecule has 2 heterocycles. The number of benzene rings is 2. The number of nitrogens with zero attached hydrogens (tertiary/aromatic N) is 3. The molecule has 2 fully saturated rings. The van der Waals surface area contributed by atoms with Gasteiger partial charge in [0.15, 0.2) is 0 Å². The first kappa shape index (κ1) is 28.0. The Hall–Kier alpha value is -3.00. The Morgan fingerprint density at radius 2 is 1.26 bits per heavy atom. The number of urea groups is 1. The van der Waals surface area contributed by atoms with Gasteiger partial charge in [0, 0.05) is 39.3 Å². The van der Waals surface area contributed by atoms with Gasteiger partial charge >= 0.3 is 6.03 Å². The van der Waals surface area contributed by atoms with Gasteiger partial charge < -0.3 is 15.1 Å². The highest BCUT2D eigenvalue weighted by Crippen LogP contribution is 2.30. The van der Waals surface area contributed by atoms with Crippen molar-refractivity contribution in [2.75, 3.05) is 39.3 Å². The number of amides is 3. The smallest absolute Gasteiger partial charge is 0.318 e. The monoisotopic (exact) mass is 526 g/mol. The van der Waals surface area contributed by atoms with Gasteiger partial charge in [0.05, 0.1) is 6.04 Å². The number of carbonyl (C=O) groups excluding carboxylic acids is 2. The summed E-state index contributed by atoms with van der Waals surface area (Å²) in [7, 11) is 0. The Morgan fingerprint density at radius 3 is 1.74 bits per heavy atom. The van der Waals surface area contributed by atoms with Crippen LogP contribution in [0.5, 0.6) is 0 Å². The molecule has 38 heavy (non-hydrogen) atoms. The lowest BCUT2D eigenvalue weighted by atomic mass is 9.95. The Labute approximate surface area is 225 Å². The van der Waals surface area contributed by atoms with E-state index in [1.165, 1.54) is 24.3 Å². The third-order valence-corrected chi connectivity index (χ3v) is 8.01. The zero-order valence-electron chi connectivity index (χ0n) is 22.5. The fourth-order valence-corrected chi connectivity index (χ4v) is 5.48. The molecule has 2 atom stereocenters. The van der Waals surface area contributed by atoms with E-state index < -0.39 is 6.04 Å². The second kappa shape index (κ2) is 13.2. The standard InChI is InChI=1S/C30H40F2N4O2/c1-3-22(2)27(33-30(38)36-16-6-4-5-7-17-36)29(37)35-20-18-34(19-21-35)28(23-8-12-25(31)13-9-23)24-10-14-26(32)15-11-24/h8-15,22,27-28H,3-7,16-21H2,1-2H3,(H,33,38)/t22?,27-/m0/s1. The second-order valence-electron chi connectivity index (χ2n) is 10.6. The normalized spacial score (nSPS) is 18.7.